The highest BCUT2D eigenvalue weighted by Gasteiger charge is 2.32. The van der Waals surface area contributed by atoms with Crippen molar-refractivity contribution in [1.82, 2.24) is 15.2 Å². The van der Waals surface area contributed by atoms with Gasteiger partial charge in [0.05, 0.1) is 17.6 Å². The molecule has 0 saturated carbocycles. The maximum absolute atomic E-state index is 12.2. The lowest BCUT2D eigenvalue weighted by molar-refractivity contribution is 0.194. The Hall–Kier alpha value is -1.83. The fraction of sp³-hybridized carbons (Fsp3) is 0.600. The Morgan fingerprint density at radius 3 is 2.87 bits per heavy atom. The summed E-state index contributed by atoms with van der Waals surface area (Å²) in [5, 5.41) is 2.79. The molecule has 0 aromatic carbocycles. The number of carbonyl (C=O) groups excluding carboxylic acids is 1. The zero-order chi connectivity index (χ0) is 17.0. The molecule has 2 heterocycles. The number of nitrogens with zero attached hydrogens (tertiary/aromatic N) is 2. The summed E-state index contributed by atoms with van der Waals surface area (Å²) in [6.45, 7) is 4.09. The summed E-state index contributed by atoms with van der Waals surface area (Å²) < 4.78 is 28.6. The second-order valence-electron chi connectivity index (χ2n) is 5.96. The summed E-state index contributed by atoms with van der Waals surface area (Å²) in [6.07, 6.45) is 2.12. The minimum absolute atomic E-state index is 0.00859. The van der Waals surface area contributed by atoms with Crippen LogP contribution in [-0.4, -0.2) is 55.0 Å². The van der Waals surface area contributed by atoms with Crippen molar-refractivity contribution in [2.45, 2.75) is 39.0 Å². The monoisotopic (exact) mass is 341 g/mol. The number of nitrogens with one attached hydrogen (secondary N) is 1. The number of urea groups is 1. The summed E-state index contributed by atoms with van der Waals surface area (Å²) in [6, 6.07) is 3.05. The Morgan fingerprint density at radius 2 is 2.26 bits per heavy atom. The molecule has 1 aliphatic heterocycles. The van der Waals surface area contributed by atoms with Gasteiger partial charge in [-0.2, -0.15) is 0 Å². The third-order valence-electron chi connectivity index (χ3n) is 3.70. The molecule has 128 valence electrons. The molecule has 0 spiro atoms. The molecule has 1 atom stereocenters. The van der Waals surface area contributed by atoms with E-state index < -0.39 is 9.84 Å². The average molecular weight is 341 g/mol. The Balaban J connectivity index is 1.94. The molecule has 0 unspecified atom stereocenters. The Labute approximate surface area is 137 Å². The van der Waals surface area contributed by atoms with E-state index >= 15 is 0 Å². The highest BCUT2D eigenvalue weighted by Crippen LogP contribution is 2.18. The maximum atomic E-state index is 12.2. The first-order chi connectivity index (χ1) is 10.8. The number of amides is 2. The number of pyridine rings is 1. The van der Waals surface area contributed by atoms with Gasteiger partial charge in [0.25, 0.3) is 0 Å². The summed E-state index contributed by atoms with van der Waals surface area (Å²) in [5.41, 5.74) is 0.780. The van der Waals surface area contributed by atoms with Crippen LogP contribution in [0, 0.1) is 0 Å². The van der Waals surface area contributed by atoms with Gasteiger partial charge in [-0.25, -0.2) is 18.2 Å². The molecule has 7 nitrogen and oxygen atoms in total. The molecule has 1 saturated heterocycles. The van der Waals surface area contributed by atoms with Gasteiger partial charge in [0.2, 0.25) is 5.88 Å². The van der Waals surface area contributed by atoms with E-state index in [1.54, 1.807) is 19.3 Å². The van der Waals surface area contributed by atoms with Crippen LogP contribution in [0.15, 0.2) is 18.3 Å². The van der Waals surface area contributed by atoms with Crippen LogP contribution in [0.1, 0.15) is 25.8 Å². The van der Waals surface area contributed by atoms with Crippen molar-refractivity contribution in [3.8, 4) is 5.88 Å². The number of aromatic nitrogens is 1. The van der Waals surface area contributed by atoms with Crippen molar-refractivity contribution in [3.05, 3.63) is 23.9 Å². The van der Waals surface area contributed by atoms with Gasteiger partial charge in [-0.1, -0.05) is 6.07 Å². The zero-order valence-electron chi connectivity index (χ0n) is 13.7. The van der Waals surface area contributed by atoms with E-state index in [0.29, 0.717) is 12.3 Å². The maximum Gasteiger partial charge on any atom is 0.317 e. The van der Waals surface area contributed by atoms with Crippen molar-refractivity contribution in [2.75, 3.05) is 18.6 Å². The van der Waals surface area contributed by atoms with Crippen molar-refractivity contribution in [1.29, 1.82) is 0 Å². The van der Waals surface area contributed by atoms with Crippen molar-refractivity contribution >= 4 is 15.9 Å². The lowest BCUT2D eigenvalue weighted by Gasteiger charge is -2.24. The Bertz CT molecular complexity index is 660. The Kier molecular flexibility index (Phi) is 5.46. The predicted octanol–water partition coefficient (Wildman–Crippen LogP) is 1.20. The molecule has 1 aromatic rings. The molecule has 1 N–H and O–H groups in total. The van der Waals surface area contributed by atoms with Crippen LogP contribution >= 0.6 is 0 Å². The molecule has 2 amide bonds. The first kappa shape index (κ1) is 17.5. The summed E-state index contributed by atoms with van der Waals surface area (Å²) in [5.74, 6) is 0.671. The highest BCUT2D eigenvalue weighted by atomic mass is 32.2. The molecule has 0 bridgehead atoms. The van der Waals surface area contributed by atoms with Gasteiger partial charge < -0.3 is 15.0 Å². The van der Waals surface area contributed by atoms with Crippen LogP contribution in [0.4, 0.5) is 4.79 Å². The highest BCUT2D eigenvalue weighted by molar-refractivity contribution is 7.91. The second kappa shape index (κ2) is 7.16. The standard InChI is InChI=1S/C15H23N3O4S/c1-11(2)22-14-12(5-4-7-16-14)9-17-15(19)18(3)13-6-8-23(20,21)10-13/h4-5,7,11,13H,6,8-10H2,1-3H3,(H,17,19)/t13-/m1/s1. The number of rotatable bonds is 5. The molecule has 23 heavy (non-hydrogen) atoms. The smallest absolute Gasteiger partial charge is 0.317 e. The van der Waals surface area contributed by atoms with Gasteiger partial charge in [0.15, 0.2) is 9.84 Å². The van der Waals surface area contributed by atoms with Crippen molar-refractivity contribution < 1.29 is 17.9 Å². The fourth-order valence-corrected chi connectivity index (χ4v) is 4.20. The summed E-state index contributed by atoms with van der Waals surface area (Å²) in [4.78, 5) is 17.8. The minimum atomic E-state index is -3.01. The van der Waals surface area contributed by atoms with Gasteiger partial charge in [0, 0.05) is 31.4 Å². The van der Waals surface area contributed by atoms with Gasteiger partial charge in [-0.3, -0.25) is 0 Å². The van der Waals surface area contributed by atoms with E-state index in [9.17, 15) is 13.2 Å². The molecular formula is C15H23N3O4S. The quantitative estimate of drug-likeness (QED) is 0.869. The number of hydrogen-bond donors (Lipinski definition) is 1. The van der Waals surface area contributed by atoms with E-state index in [4.69, 9.17) is 4.74 Å². The van der Waals surface area contributed by atoms with E-state index in [0.717, 1.165) is 5.56 Å². The molecule has 0 radical (unpaired) electrons. The molecule has 8 heteroatoms. The van der Waals surface area contributed by atoms with Gasteiger partial charge in [-0.15, -0.1) is 0 Å². The van der Waals surface area contributed by atoms with Crippen LogP contribution in [0.25, 0.3) is 0 Å². The van der Waals surface area contributed by atoms with E-state index in [2.05, 4.69) is 10.3 Å². The minimum Gasteiger partial charge on any atom is -0.475 e. The lowest BCUT2D eigenvalue weighted by atomic mass is 10.2. The number of carbonyl (C=O) groups is 1. The number of sulfone groups is 1. The Morgan fingerprint density at radius 1 is 1.52 bits per heavy atom. The van der Waals surface area contributed by atoms with Crippen LogP contribution in [0.2, 0.25) is 0 Å². The lowest BCUT2D eigenvalue weighted by Crippen LogP contribution is -2.43. The third-order valence-corrected chi connectivity index (χ3v) is 5.45. The average Bonchev–Trinajstić information content (AvgIpc) is 2.85. The molecule has 0 aliphatic carbocycles. The number of hydrogen-bond acceptors (Lipinski definition) is 5. The largest absolute Gasteiger partial charge is 0.475 e. The topological polar surface area (TPSA) is 88.6 Å². The number of ether oxygens (including phenoxy) is 1. The van der Waals surface area contributed by atoms with Crippen molar-refractivity contribution in [2.24, 2.45) is 0 Å². The van der Waals surface area contributed by atoms with Gasteiger partial charge in [0.1, 0.15) is 0 Å². The summed E-state index contributed by atoms with van der Waals surface area (Å²) >= 11 is 0. The van der Waals surface area contributed by atoms with Crippen LogP contribution < -0.4 is 10.1 Å². The first-order valence-electron chi connectivity index (χ1n) is 7.60. The van der Waals surface area contributed by atoms with Crippen LogP contribution in [0.3, 0.4) is 0 Å². The van der Waals surface area contributed by atoms with Gasteiger partial charge >= 0.3 is 6.03 Å². The third kappa shape index (κ3) is 4.82. The molecule has 1 aliphatic rings. The molecular weight excluding hydrogens is 318 g/mol. The van der Waals surface area contributed by atoms with Crippen molar-refractivity contribution in [3.63, 3.8) is 0 Å². The predicted molar refractivity (Wildman–Crippen MR) is 87.1 cm³/mol. The van der Waals surface area contributed by atoms with Crippen LogP contribution in [0.5, 0.6) is 5.88 Å². The van der Waals surface area contributed by atoms with Gasteiger partial charge in [-0.05, 0) is 26.3 Å². The van der Waals surface area contributed by atoms with Crippen LogP contribution in [-0.2, 0) is 16.4 Å². The molecule has 1 fully saturated rings. The van der Waals surface area contributed by atoms with E-state index in [-0.39, 0.29) is 36.2 Å². The normalized spacial score (nSPS) is 19.6. The zero-order valence-corrected chi connectivity index (χ0v) is 14.5. The second-order valence-corrected chi connectivity index (χ2v) is 8.19. The fourth-order valence-electron chi connectivity index (χ4n) is 2.43. The molecule has 1 aromatic heterocycles. The SMILES string of the molecule is CC(C)Oc1ncccc1CNC(=O)N(C)[C@@H]1CCS(=O)(=O)C1. The molecule has 2 rings (SSSR count). The van der Waals surface area contributed by atoms with E-state index in [1.165, 1.54) is 4.90 Å². The van der Waals surface area contributed by atoms with E-state index in [1.807, 2.05) is 19.9 Å². The summed E-state index contributed by atoms with van der Waals surface area (Å²) in [7, 11) is -1.39. The first-order valence-corrected chi connectivity index (χ1v) is 9.42.